The Bertz CT molecular complexity index is 982. The Morgan fingerprint density at radius 2 is 2.07 bits per heavy atom. The van der Waals surface area contributed by atoms with E-state index < -0.39 is 21.8 Å². The summed E-state index contributed by atoms with van der Waals surface area (Å²) in [5.41, 5.74) is 0.749. The van der Waals surface area contributed by atoms with Crippen molar-refractivity contribution < 1.29 is 27.5 Å². The van der Waals surface area contributed by atoms with Gasteiger partial charge < -0.3 is 20.2 Å². The lowest BCUT2D eigenvalue weighted by molar-refractivity contribution is -0.115. The van der Waals surface area contributed by atoms with Gasteiger partial charge in [0.1, 0.15) is 11.5 Å². The second-order valence-electron chi connectivity index (χ2n) is 6.06. The number of phenols is 1. The monoisotopic (exact) mass is 393 g/mol. The van der Waals surface area contributed by atoms with E-state index in [-0.39, 0.29) is 23.7 Å². The van der Waals surface area contributed by atoms with Crippen LogP contribution in [0.4, 0.5) is 11.4 Å². The van der Waals surface area contributed by atoms with Gasteiger partial charge in [-0.05, 0) is 37.6 Å². The van der Waals surface area contributed by atoms with Gasteiger partial charge in [0.05, 0.1) is 35.5 Å². The molecular weight excluding hydrogens is 374 g/mol. The van der Waals surface area contributed by atoms with Crippen LogP contribution in [-0.4, -0.2) is 44.2 Å². The van der Waals surface area contributed by atoms with Crippen LogP contribution in [0.5, 0.6) is 5.75 Å². The highest BCUT2D eigenvalue weighted by Crippen LogP contribution is 2.31. The van der Waals surface area contributed by atoms with E-state index in [0.717, 1.165) is 0 Å². The zero-order chi connectivity index (χ0) is 19.6. The second kappa shape index (κ2) is 7.31. The molecule has 0 aliphatic carbocycles. The second-order valence-corrected chi connectivity index (χ2v) is 8.08. The van der Waals surface area contributed by atoms with Gasteiger partial charge in [0, 0.05) is 6.54 Å². The summed E-state index contributed by atoms with van der Waals surface area (Å²) in [6.07, 6.45) is 1.89. The molecule has 2 heterocycles. The number of sulfonamides is 1. The van der Waals surface area contributed by atoms with Gasteiger partial charge in [-0.2, -0.15) is 0 Å². The first-order chi connectivity index (χ1) is 12.8. The predicted octanol–water partition coefficient (Wildman–Crippen LogP) is 1.20. The van der Waals surface area contributed by atoms with Crippen molar-refractivity contribution in [3.8, 4) is 5.75 Å². The molecule has 0 saturated carbocycles. The minimum absolute atomic E-state index is 0.0633. The Morgan fingerprint density at radius 1 is 1.30 bits per heavy atom. The van der Waals surface area contributed by atoms with E-state index >= 15 is 0 Å². The van der Waals surface area contributed by atoms with Crippen LogP contribution in [0.2, 0.25) is 0 Å². The maximum absolute atomic E-state index is 12.1. The average molecular weight is 393 g/mol. The highest BCUT2D eigenvalue weighted by atomic mass is 32.2. The number of anilines is 2. The fraction of sp³-hybridized carbons (Fsp3) is 0.294. The number of nitrogens with zero attached hydrogens (tertiary/aromatic N) is 1. The Kier molecular flexibility index (Phi) is 5.08. The van der Waals surface area contributed by atoms with Crippen molar-refractivity contribution >= 4 is 33.2 Å². The number of benzene rings is 1. The van der Waals surface area contributed by atoms with E-state index in [4.69, 9.17) is 4.42 Å². The summed E-state index contributed by atoms with van der Waals surface area (Å²) in [5.74, 6) is -0.737. The predicted molar refractivity (Wildman–Crippen MR) is 98.3 cm³/mol. The molecule has 0 bridgehead atoms. The first-order valence-electron chi connectivity index (χ1n) is 8.23. The van der Waals surface area contributed by atoms with Crippen LogP contribution >= 0.6 is 0 Å². The lowest BCUT2D eigenvalue weighted by Gasteiger charge is -2.18. The van der Waals surface area contributed by atoms with Gasteiger partial charge in [-0.15, -0.1) is 0 Å². The lowest BCUT2D eigenvalue weighted by Crippen LogP contribution is -2.33. The zero-order valence-electron chi connectivity index (χ0n) is 14.6. The molecule has 0 unspecified atom stereocenters. The molecular formula is C17H19N3O6S. The summed E-state index contributed by atoms with van der Waals surface area (Å²) in [6.45, 7) is 1.65. The summed E-state index contributed by atoms with van der Waals surface area (Å²) >= 11 is 0. The van der Waals surface area contributed by atoms with E-state index in [1.807, 2.05) is 0 Å². The van der Waals surface area contributed by atoms with E-state index in [2.05, 4.69) is 10.6 Å². The number of phenolic OH excluding ortho intramolecular Hbond substituents is 1. The Morgan fingerprint density at radius 3 is 2.70 bits per heavy atom. The first-order valence-corrected chi connectivity index (χ1v) is 9.84. The van der Waals surface area contributed by atoms with Crippen LogP contribution in [0.15, 0.2) is 34.9 Å². The minimum Gasteiger partial charge on any atom is -0.506 e. The van der Waals surface area contributed by atoms with Crippen molar-refractivity contribution in [3.63, 3.8) is 0 Å². The van der Waals surface area contributed by atoms with Gasteiger partial charge in [-0.1, -0.05) is 0 Å². The van der Waals surface area contributed by atoms with Crippen LogP contribution < -0.4 is 14.9 Å². The molecule has 3 rings (SSSR count). The van der Waals surface area contributed by atoms with Crippen molar-refractivity contribution in [1.29, 1.82) is 0 Å². The molecule has 0 spiro atoms. The molecule has 1 fully saturated rings. The van der Waals surface area contributed by atoms with Crippen molar-refractivity contribution in [2.75, 3.05) is 28.5 Å². The van der Waals surface area contributed by atoms with E-state index in [1.54, 1.807) is 6.92 Å². The molecule has 10 heteroatoms. The van der Waals surface area contributed by atoms with Crippen LogP contribution in [0, 0.1) is 6.92 Å². The van der Waals surface area contributed by atoms with Gasteiger partial charge >= 0.3 is 0 Å². The summed E-state index contributed by atoms with van der Waals surface area (Å²) in [4.78, 5) is 24.1. The molecule has 1 aliphatic heterocycles. The van der Waals surface area contributed by atoms with Crippen LogP contribution in [0.25, 0.3) is 0 Å². The SMILES string of the molecule is Cc1occc1C(=O)NCC(=O)Nc1cc(N2CCCS2(=O)=O)ccc1O. The molecule has 2 aromatic rings. The quantitative estimate of drug-likeness (QED) is 0.655. The fourth-order valence-corrected chi connectivity index (χ4v) is 4.34. The summed E-state index contributed by atoms with van der Waals surface area (Å²) in [6, 6.07) is 5.66. The zero-order valence-corrected chi connectivity index (χ0v) is 15.4. The number of rotatable bonds is 5. The third-order valence-electron chi connectivity index (χ3n) is 4.15. The van der Waals surface area contributed by atoms with Crippen LogP contribution in [0.3, 0.4) is 0 Å². The van der Waals surface area contributed by atoms with Crippen molar-refractivity contribution in [2.45, 2.75) is 13.3 Å². The van der Waals surface area contributed by atoms with Gasteiger partial charge in [-0.3, -0.25) is 13.9 Å². The maximum Gasteiger partial charge on any atom is 0.255 e. The van der Waals surface area contributed by atoms with Gasteiger partial charge in [-0.25, -0.2) is 8.42 Å². The van der Waals surface area contributed by atoms with Gasteiger partial charge in [0.15, 0.2) is 0 Å². The molecule has 1 aromatic heterocycles. The number of aromatic hydroxyl groups is 1. The number of hydrogen-bond acceptors (Lipinski definition) is 6. The molecule has 1 aromatic carbocycles. The van der Waals surface area contributed by atoms with E-state index in [1.165, 1.54) is 34.8 Å². The molecule has 3 N–H and O–H groups in total. The molecule has 1 aliphatic rings. The Labute approximate surface area is 156 Å². The number of furan rings is 1. The van der Waals surface area contributed by atoms with Crippen LogP contribution in [-0.2, 0) is 14.8 Å². The fourth-order valence-electron chi connectivity index (χ4n) is 2.78. The highest BCUT2D eigenvalue weighted by Gasteiger charge is 2.29. The number of nitrogens with one attached hydrogen (secondary N) is 2. The third kappa shape index (κ3) is 4.05. The molecule has 0 atom stereocenters. The standard InChI is InChI=1S/C17H19N3O6S/c1-11-13(5-7-26-11)17(23)18-10-16(22)19-14-9-12(3-4-15(14)21)20-6-2-8-27(20,24)25/h3-5,7,9,21H,2,6,8,10H2,1H3,(H,18,23)(H,19,22). The smallest absolute Gasteiger partial charge is 0.255 e. The average Bonchev–Trinajstić information content (AvgIpc) is 3.19. The number of carbonyl (C=O) groups is 2. The minimum atomic E-state index is -3.38. The van der Waals surface area contributed by atoms with Gasteiger partial charge in [0.2, 0.25) is 15.9 Å². The Balaban J connectivity index is 1.66. The van der Waals surface area contributed by atoms with Crippen molar-refractivity contribution in [1.82, 2.24) is 5.32 Å². The first kappa shape index (κ1) is 18.8. The van der Waals surface area contributed by atoms with Gasteiger partial charge in [0.25, 0.3) is 5.91 Å². The third-order valence-corrected chi connectivity index (χ3v) is 6.02. The molecule has 9 nitrogen and oxygen atoms in total. The largest absolute Gasteiger partial charge is 0.506 e. The number of hydrogen-bond donors (Lipinski definition) is 3. The molecule has 27 heavy (non-hydrogen) atoms. The number of aryl methyl sites for hydroxylation is 1. The maximum atomic E-state index is 12.1. The number of amides is 2. The Hall–Kier alpha value is -3.01. The normalized spacial score (nSPS) is 15.5. The summed E-state index contributed by atoms with van der Waals surface area (Å²) in [7, 11) is -3.38. The van der Waals surface area contributed by atoms with Crippen molar-refractivity contribution in [2.24, 2.45) is 0 Å². The molecule has 2 amide bonds. The topological polar surface area (TPSA) is 129 Å². The highest BCUT2D eigenvalue weighted by molar-refractivity contribution is 7.93. The molecule has 0 radical (unpaired) electrons. The summed E-state index contributed by atoms with van der Waals surface area (Å²) < 4.78 is 30.3. The van der Waals surface area contributed by atoms with Crippen LogP contribution in [0.1, 0.15) is 22.5 Å². The molecule has 144 valence electrons. The van der Waals surface area contributed by atoms with Crippen molar-refractivity contribution in [3.05, 3.63) is 41.9 Å². The molecule has 1 saturated heterocycles. The summed E-state index contributed by atoms with van der Waals surface area (Å²) in [5, 5.41) is 14.9. The lowest BCUT2D eigenvalue weighted by atomic mass is 10.2. The van der Waals surface area contributed by atoms with E-state index in [0.29, 0.717) is 30.0 Å². The number of carbonyl (C=O) groups excluding carboxylic acids is 2. The van der Waals surface area contributed by atoms with E-state index in [9.17, 15) is 23.1 Å².